The van der Waals surface area contributed by atoms with Gasteiger partial charge in [-0.1, -0.05) is 84.9 Å². The number of hydrogen-bond acceptors (Lipinski definition) is 2. The molecule has 0 bridgehead atoms. The second kappa shape index (κ2) is 6.07. The molecular weight excluding hydrogens is 424 g/mol. The minimum absolute atomic E-state index is 1.30. The van der Waals surface area contributed by atoms with Gasteiger partial charge in [-0.3, -0.25) is 0 Å². The molecule has 2 aliphatic rings. The van der Waals surface area contributed by atoms with Gasteiger partial charge >= 0.3 is 0 Å². The molecule has 0 nitrogen and oxygen atoms in total. The van der Waals surface area contributed by atoms with Crippen molar-refractivity contribution in [2.45, 2.75) is 0 Å². The topological polar surface area (TPSA) is 0 Å². The van der Waals surface area contributed by atoms with Gasteiger partial charge in [0.25, 0.3) is 0 Å². The zero-order chi connectivity index (χ0) is 20.8. The molecule has 0 fully saturated rings. The van der Waals surface area contributed by atoms with Gasteiger partial charge in [0.2, 0.25) is 0 Å². The van der Waals surface area contributed by atoms with Crippen LogP contribution in [0.4, 0.5) is 0 Å². The lowest BCUT2D eigenvalue weighted by Gasteiger charge is -2.07. The Morgan fingerprint density at radius 2 is 0.781 bits per heavy atom. The summed E-state index contributed by atoms with van der Waals surface area (Å²) < 4.78 is 0. The van der Waals surface area contributed by atoms with Crippen molar-refractivity contribution < 1.29 is 0 Å². The molecule has 2 aliphatic carbocycles. The van der Waals surface area contributed by atoms with Crippen molar-refractivity contribution >= 4 is 33.4 Å². The van der Waals surface area contributed by atoms with Crippen LogP contribution < -0.4 is 0 Å². The highest BCUT2D eigenvalue weighted by Crippen LogP contribution is 2.60. The molecule has 8 rings (SSSR count). The summed E-state index contributed by atoms with van der Waals surface area (Å²) in [6, 6.07) is 35.7. The van der Waals surface area contributed by atoms with Crippen molar-refractivity contribution in [2.24, 2.45) is 0 Å². The number of hydrogen-bond donors (Lipinski definition) is 0. The van der Waals surface area contributed by atoms with E-state index < -0.39 is 0 Å². The summed E-state index contributed by atoms with van der Waals surface area (Å²) in [5, 5.41) is 2.90. The van der Waals surface area contributed by atoms with Crippen LogP contribution >= 0.6 is 22.7 Å². The van der Waals surface area contributed by atoms with Crippen LogP contribution in [0.15, 0.2) is 97.1 Å². The third-order valence-electron chi connectivity index (χ3n) is 6.81. The highest BCUT2D eigenvalue weighted by atomic mass is 32.1. The first-order chi connectivity index (χ1) is 15.9. The normalized spacial score (nSPS) is 12.4. The van der Waals surface area contributed by atoms with Crippen molar-refractivity contribution in [2.75, 3.05) is 0 Å². The number of thiophene rings is 2. The monoisotopic (exact) mass is 440 g/mol. The van der Waals surface area contributed by atoms with Gasteiger partial charge in [0.1, 0.15) is 0 Å². The molecule has 4 aromatic carbocycles. The summed E-state index contributed by atoms with van der Waals surface area (Å²) in [5.41, 5.74) is 11.0. The van der Waals surface area contributed by atoms with Crippen LogP contribution in [0.5, 0.6) is 0 Å². The molecule has 2 heteroatoms. The van der Waals surface area contributed by atoms with Crippen LogP contribution in [0.2, 0.25) is 0 Å². The minimum atomic E-state index is 1.30. The highest BCUT2D eigenvalue weighted by Gasteiger charge is 2.32. The van der Waals surface area contributed by atoms with Crippen LogP contribution in [-0.2, 0) is 0 Å². The maximum atomic E-state index is 2.39. The van der Waals surface area contributed by atoms with E-state index in [1.807, 2.05) is 22.7 Å². The number of rotatable bonds is 2. The van der Waals surface area contributed by atoms with Crippen LogP contribution in [0.1, 0.15) is 0 Å². The maximum absolute atomic E-state index is 2.39. The van der Waals surface area contributed by atoms with Gasteiger partial charge in [0.05, 0.1) is 0 Å². The standard InChI is InChI=1S/C30H16S2/c1-3-7-17(8-4-1)25-15-23-19-11-12-20-24-16-26(18-9-5-2-6-10-18)32-30(24)22-14-13-21(29(23)31-25)27(19)28(20)22/h1-16H. The molecule has 0 saturated carbocycles. The van der Waals surface area contributed by atoms with Gasteiger partial charge in [-0.15, -0.1) is 22.7 Å². The van der Waals surface area contributed by atoms with E-state index in [9.17, 15) is 0 Å². The van der Waals surface area contributed by atoms with Crippen molar-refractivity contribution in [3.63, 3.8) is 0 Å². The molecule has 0 unspecified atom stereocenters. The zero-order valence-corrected chi connectivity index (χ0v) is 18.7. The SMILES string of the molecule is c1ccc(-c2cc3c(s2)-c2ccc4c5c(ccc-3c25)-c2cc(-c3ccccc3)sc2-4)cc1. The molecule has 0 radical (unpaired) electrons. The second-order valence-corrected chi connectivity index (χ2v) is 10.6. The third-order valence-corrected chi connectivity index (χ3v) is 9.25. The first kappa shape index (κ1) is 17.1. The van der Waals surface area contributed by atoms with Gasteiger partial charge in [0.15, 0.2) is 0 Å². The average molecular weight is 441 g/mol. The molecule has 6 aromatic rings. The molecule has 148 valence electrons. The van der Waals surface area contributed by atoms with E-state index in [0.29, 0.717) is 0 Å². The molecule has 2 heterocycles. The van der Waals surface area contributed by atoms with Crippen molar-refractivity contribution in [3.05, 3.63) is 97.1 Å². The van der Waals surface area contributed by atoms with Crippen molar-refractivity contribution in [3.8, 4) is 64.0 Å². The number of fused-ring (bicyclic) bond motifs is 6. The van der Waals surface area contributed by atoms with Gasteiger partial charge in [0, 0.05) is 41.8 Å². The molecule has 32 heavy (non-hydrogen) atoms. The Balaban J connectivity index is 1.33. The van der Waals surface area contributed by atoms with Crippen LogP contribution in [0.3, 0.4) is 0 Å². The van der Waals surface area contributed by atoms with E-state index in [-0.39, 0.29) is 0 Å². The Morgan fingerprint density at radius 3 is 1.22 bits per heavy atom. The Hall–Kier alpha value is -3.46. The predicted octanol–water partition coefficient (Wildman–Crippen LogP) is 9.59. The van der Waals surface area contributed by atoms with Gasteiger partial charge in [-0.05, 0) is 45.2 Å². The fourth-order valence-corrected chi connectivity index (χ4v) is 7.81. The predicted molar refractivity (Wildman–Crippen MR) is 139 cm³/mol. The summed E-state index contributed by atoms with van der Waals surface area (Å²) >= 11 is 3.85. The van der Waals surface area contributed by atoms with Gasteiger partial charge < -0.3 is 0 Å². The summed E-state index contributed by atoms with van der Waals surface area (Å²) in [7, 11) is 0. The van der Waals surface area contributed by atoms with E-state index in [2.05, 4.69) is 97.1 Å². The molecule has 0 N–H and O–H groups in total. The third kappa shape index (κ3) is 2.11. The van der Waals surface area contributed by atoms with Gasteiger partial charge in [-0.25, -0.2) is 0 Å². The smallest absolute Gasteiger partial charge is 0.0434 e. The molecule has 0 saturated heterocycles. The fraction of sp³-hybridized carbons (Fsp3) is 0. The van der Waals surface area contributed by atoms with E-state index in [1.165, 1.54) is 74.8 Å². The lowest BCUT2D eigenvalue weighted by Crippen LogP contribution is -1.80. The minimum Gasteiger partial charge on any atom is -0.135 e. The second-order valence-electron chi connectivity index (χ2n) is 8.51. The highest BCUT2D eigenvalue weighted by molar-refractivity contribution is 7.20. The Morgan fingerprint density at radius 1 is 0.375 bits per heavy atom. The zero-order valence-electron chi connectivity index (χ0n) is 17.1. The summed E-state index contributed by atoms with van der Waals surface area (Å²) in [6.45, 7) is 0. The molecule has 0 atom stereocenters. The number of benzene rings is 4. The summed E-state index contributed by atoms with van der Waals surface area (Å²) in [4.78, 5) is 5.54. The van der Waals surface area contributed by atoms with E-state index in [4.69, 9.17) is 0 Å². The fourth-order valence-electron chi connectivity index (χ4n) is 5.39. The molecule has 0 spiro atoms. The average Bonchev–Trinajstić information content (AvgIpc) is 3.59. The van der Waals surface area contributed by atoms with Crippen molar-refractivity contribution in [1.82, 2.24) is 0 Å². The van der Waals surface area contributed by atoms with E-state index in [1.54, 1.807) is 0 Å². The first-order valence-electron chi connectivity index (χ1n) is 10.9. The first-order valence-corrected chi connectivity index (χ1v) is 12.5. The lowest BCUT2D eigenvalue weighted by molar-refractivity contribution is 1.69. The summed E-state index contributed by atoms with van der Waals surface area (Å²) in [5.74, 6) is 0. The van der Waals surface area contributed by atoms with Gasteiger partial charge in [-0.2, -0.15) is 0 Å². The van der Waals surface area contributed by atoms with Crippen molar-refractivity contribution in [1.29, 1.82) is 0 Å². The molecule has 2 aromatic heterocycles. The molecule has 0 aliphatic heterocycles. The lowest BCUT2D eigenvalue weighted by atomic mass is 9.97. The van der Waals surface area contributed by atoms with E-state index in [0.717, 1.165) is 0 Å². The summed E-state index contributed by atoms with van der Waals surface area (Å²) in [6.07, 6.45) is 0. The largest absolute Gasteiger partial charge is 0.135 e. The quantitative estimate of drug-likeness (QED) is 0.251. The Kier molecular flexibility index (Phi) is 3.25. The molecule has 0 amide bonds. The Bertz CT molecular complexity index is 1490. The maximum Gasteiger partial charge on any atom is 0.0434 e. The van der Waals surface area contributed by atoms with E-state index >= 15 is 0 Å². The molecular formula is C30H16S2. The van der Waals surface area contributed by atoms with Crippen LogP contribution in [0, 0.1) is 0 Å². The van der Waals surface area contributed by atoms with Crippen LogP contribution in [0.25, 0.3) is 74.8 Å². The Labute approximate surface area is 194 Å². The van der Waals surface area contributed by atoms with Crippen LogP contribution in [-0.4, -0.2) is 0 Å².